The second kappa shape index (κ2) is 14.1. The molecule has 14 aromatic rings. The molecule has 0 aliphatic heterocycles. The zero-order chi connectivity index (χ0) is 42.6. The van der Waals surface area contributed by atoms with Crippen molar-refractivity contribution in [2.45, 2.75) is 0 Å². The third-order valence-electron chi connectivity index (χ3n) is 13.4. The Morgan fingerprint density at radius 2 is 0.723 bits per heavy atom. The van der Waals surface area contributed by atoms with Crippen LogP contribution in [0.15, 0.2) is 212 Å². The Hall–Kier alpha value is -8.31. The van der Waals surface area contributed by atoms with E-state index in [0.29, 0.717) is 17.5 Å². The summed E-state index contributed by atoms with van der Waals surface area (Å²) in [5, 5.41) is 17.4. The smallest absolute Gasteiger partial charge is 0.164 e. The third-order valence-corrected chi connectivity index (χ3v) is 14.6. The molecule has 0 saturated heterocycles. The average molecular weight is 842 g/mol. The van der Waals surface area contributed by atoms with Crippen LogP contribution < -0.4 is 0 Å². The van der Waals surface area contributed by atoms with E-state index in [1.165, 1.54) is 85.0 Å². The standard InChI is InChI=1S/C61H35N3S/c1-2-12-36(13-3-1)40-17-6-19-43(32-40)59-62-60(44-20-7-18-41(33-44)46-22-11-26-51-47-21-4-5-27-53(47)65-58(46)51)64-61(63-59)45-34-42-31-30-39-15-9-24-49-48-23-8-14-37-28-29-38-16-10-25-50(56(38)54(37)48)52(35-45)57(42)55(39)49/h1-35H. The van der Waals surface area contributed by atoms with Crippen LogP contribution >= 0.6 is 11.3 Å². The molecule has 0 fully saturated rings. The van der Waals surface area contributed by atoms with Crippen LogP contribution in [0.2, 0.25) is 0 Å². The second-order valence-corrected chi connectivity index (χ2v) is 18.1. The molecule has 0 spiro atoms. The lowest BCUT2D eigenvalue weighted by Crippen LogP contribution is -2.01. The molecule has 0 radical (unpaired) electrons. The summed E-state index contributed by atoms with van der Waals surface area (Å²) in [5.74, 6) is 1.89. The van der Waals surface area contributed by atoms with E-state index in [1.807, 2.05) is 11.3 Å². The van der Waals surface area contributed by atoms with Crippen LogP contribution in [0.5, 0.6) is 0 Å². The maximum Gasteiger partial charge on any atom is 0.164 e. The van der Waals surface area contributed by atoms with E-state index in [1.54, 1.807) is 0 Å². The largest absolute Gasteiger partial charge is 0.208 e. The second-order valence-electron chi connectivity index (χ2n) is 17.1. The SMILES string of the molecule is c1ccc(-c2cccc(-c3nc(-c4cccc(-c5cccc6c5sc5ccccc56)c4)nc(-c4cc5ccc6cccc7c8cccc9ccc%10cccc(c(c4)c5c67)c%10c98)n3)c2)cc1. The molecule has 0 N–H and O–H groups in total. The Labute approximate surface area is 377 Å². The molecule has 0 atom stereocenters. The molecule has 0 bridgehead atoms. The van der Waals surface area contributed by atoms with Crippen LogP contribution in [-0.4, -0.2) is 15.0 Å². The number of fused-ring (bicyclic) bond motifs is 5. The maximum atomic E-state index is 5.42. The fraction of sp³-hybridized carbons (Fsp3) is 0. The number of nitrogens with zero attached hydrogens (tertiary/aromatic N) is 3. The van der Waals surface area contributed by atoms with E-state index >= 15 is 0 Å². The van der Waals surface area contributed by atoms with Gasteiger partial charge in [-0.05, 0) is 117 Å². The zero-order valence-electron chi connectivity index (χ0n) is 35.0. The van der Waals surface area contributed by atoms with Gasteiger partial charge in [-0.25, -0.2) is 15.0 Å². The Kier molecular flexibility index (Phi) is 7.85. The average Bonchev–Trinajstić information content (AvgIpc) is 3.76. The molecule has 12 aromatic carbocycles. The molecular weight excluding hydrogens is 807 g/mol. The van der Waals surface area contributed by atoms with Crippen molar-refractivity contribution in [3.05, 3.63) is 212 Å². The Bertz CT molecular complexity index is 4240. The van der Waals surface area contributed by atoms with E-state index in [0.717, 1.165) is 38.8 Å². The number of thiophene rings is 1. The van der Waals surface area contributed by atoms with Crippen molar-refractivity contribution in [1.82, 2.24) is 15.0 Å². The highest BCUT2D eigenvalue weighted by molar-refractivity contribution is 7.26. The van der Waals surface area contributed by atoms with Crippen molar-refractivity contribution in [1.29, 1.82) is 0 Å². The number of hydrogen-bond donors (Lipinski definition) is 0. The highest BCUT2D eigenvalue weighted by Crippen LogP contribution is 2.45. The van der Waals surface area contributed by atoms with Crippen molar-refractivity contribution in [3.8, 4) is 56.4 Å². The van der Waals surface area contributed by atoms with Gasteiger partial charge in [0.2, 0.25) is 0 Å². The number of aromatic nitrogens is 3. The van der Waals surface area contributed by atoms with E-state index in [2.05, 4.69) is 212 Å². The lowest BCUT2D eigenvalue weighted by Gasteiger charge is -2.17. The summed E-state index contributed by atoms with van der Waals surface area (Å²) in [5.41, 5.74) is 7.39. The van der Waals surface area contributed by atoms with Gasteiger partial charge in [-0.3, -0.25) is 0 Å². The summed E-state index contributed by atoms with van der Waals surface area (Å²) < 4.78 is 2.57. The summed E-state index contributed by atoms with van der Waals surface area (Å²) in [7, 11) is 0. The first-order valence-electron chi connectivity index (χ1n) is 22.1. The number of rotatable bonds is 5. The molecule has 0 amide bonds. The molecule has 65 heavy (non-hydrogen) atoms. The molecule has 300 valence electrons. The molecule has 14 rings (SSSR count). The number of hydrogen-bond acceptors (Lipinski definition) is 4. The first kappa shape index (κ1) is 36.2. The van der Waals surface area contributed by atoms with Crippen LogP contribution in [0.4, 0.5) is 0 Å². The first-order valence-corrected chi connectivity index (χ1v) is 22.9. The Morgan fingerprint density at radius 3 is 1.40 bits per heavy atom. The predicted molar refractivity (Wildman–Crippen MR) is 276 cm³/mol. The van der Waals surface area contributed by atoms with Gasteiger partial charge in [-0.2, -0.15) is 0 Å². The quantitative estimate of drug-likeness (QED) is 0.162. The summed E-state index contributed by atoms with van der Waals surface area (Å²) >= 11 is 1.85. The van der Waals surface area contributed by atoms with E-state index in [9.17, 15) is 0 Å². The maximum absolute atomic E-state index is 5.42. The van der Waals surface area contributed by atoms with Crippen LogP contribution in [0.25, 0.3) is 141 Å². The van der Waals surface area contributed by atoms with Gasteiger partial charge in [0, 0.05) is 36.9 Å². The van der Waals surface area contributed by atoms with Gasteiger partial charge in [0.25, 0.3) is 0 Å². The van der Waals surface area contributed by atoms with Crippen LogP contribution in [0, 0.1) is 0 Å². The molecule has 0 aliphatic carbocycles. The zero-order valence-corrected chi connectivity index (χ0v) is 35.8. The summed E-state index contributed by atoms with van der Waals surface area (Å²) in [4.78, 5) is 16.1. The lowest BCUT2D eigenvalue weighted by molar-refractivity contribution is 1.07. The fourth-order valence-corrected chi connectivity index (χ4v) is 11.7. The summed E-state index contributed by atoms with van der Waals surface area (Å²) in [6, 6.07) is 77.0. The van der Waals surface area contributed by atoms with E-state index in [4.69, 9.17) is 15.0 Å². The van der Waals surface area contributed by atoms with Crippen LogP contribution in [0.1, 0.15) is 0 Å². The molecule has 2 heterocycles. The van der Waals surface area contributed by atoms with Gasteiger partial charge in [-0.1, -0.05) is 182 Å². The van der Waals surface area contributed by atoms with Gasteiger partial charge < -0.3 is 0 Å². The molecular formula is C61H35N3S. The minimum absolute atomic E-state index is 0.629. The van der Waals surface area contributed by atoms with Crippen molar-refractivity contribution in [3.63, 3.8) is 0 Å². The molecule has 0 saturated carbocycles. The van der Waals surface area contributed by atoms with Gasteiger partial charge in [0.1, 0.15) is 0 Å². The summed E-state index contributed by atoms with van der Waals surface area (Å²) in [6.45, 7) is 0. The molecule has 3 nitrogen and oxygen atoms in total. The fourth-order valence-electron chi connectivity index (χ4n) is 10.4. The van der Waals surface area contributed by atoms with Gasteiger partial charge >= 0.3 is 0 Å². The van der Waals surface area contributed by atoms with Gasteiger partial charge in [0.15, 0.2) is 17.5 Å². The molecule has 0 aliphatic rings. The Balaban J connectivity index is 1.04. The van der Waals surface area contributed by atoms with Gasteiger partial charge in [0.05, 0.1) is 0 Å². The van der Waals surface area contributed by atoms with Crippen LogP contribution in [0.3, 0.4) is 0 Å². The number of benzene rings is 11. The minimum Gasteiger partial charge on any atom is -0.208 e. The van der Waals surface area contributed by atoms with Crippen molar-refractivity contribution in [2.24, 2.45) is 0 Å². The molecule has 2 aromatic heterocycles. The van der Waals surface area contributed by atoms with E-state index < -0.39 is 0 Å². The van der Waals surface area contributed by atoms with Crippen LogP contribution in [-0.2, 0) is 0 Å². The lowest BCUT2D eigenvalue weighted by atomic mass is 9.87. The Morgan fingerprint density at radius 1 is 0.262 bits per heavy atom. The third kappa shape index (κ3) is 5.64. The highest BCUT2D eigenvalue weighted by Gasteiger charge is 2.20. The monoisotopic (exact) mass is 841 g/mol. The normalized spacial score (nSPS) is 12.0. The minimum atomic E-state index is 0.629. The van der Waals surface area contributed by atoms with E-state index in [-0.39, 0.29) is 0 Å². The molecule has 0 unspecified atom stereocenters. The van der Waals surface area contributed by atoms with Crippen molar-refractivity contribution in [2.75, 3.05) is 0 Å². The van der Waals surface area contributed by atoms with Crippen molar-refractivity contribution >= 4 is 96.1 Å². The highest BCUT2D eigenvalue weighted by atomic mass is 32.1. The topological polar surface area (TPSA) is 38.7 Å². The predicted octanol–water partition coefficient (Wildman–Crippen LogP) is 16.9. The van der Waals surface area contributed by atoms with Crippen molar-refractivity contribution < 1.29 is 0 Å². The summed E-state index contributed by atoms with van der Waals surface area (Å²) in [6.07, 6.45) is 0. The first-order chi connectivity index (χ1) is 32.2. The van der Waals surface area contributed by atoms with Gasteiger partial charge in [-0.15, -0.1) is 11.3 Å². The molecule has 4 heteroatoms.